The van der Waals surface area contributed by atoms with Gasteiger partial charge in [-0.3, -0.25) is 0 Å². The minimum atomic E-state index is 0.274. The normalized spacial score (nSPS) is 18.6. The van der Waals surface area contributed by atoms with Crippen molar-refractivity contribution in [2.75, 3.05) is 17.2 Å². The van der Waals surface area contributed by atoms with E-state index in [1.165, 1.54) is 12.8 Å². The summed E-state index contributed by atoms with van der Waals surface area (Å²) in [4.78, 5) is 1.01. The van der Waals surface area contributed by atoms with Crippen LogP contribution >= 0.6 is 11.8 Å². The summed E-state index contributed by atoms with van der Waals surface area (Å²) in [5, 5.41) is 0. The summed E-state index contributed by atoms with van der Waals surface area (Å²) in [7, 11) is 0. The molecule has 1 aliphatic rings. The van der Waals surface area contributed by atoms with Gasteiger partial charge in [0.1, 0.15) is 6.10 Å². The Labute approximate surface area is 107 Å². The first-order valence-electron chi connectivity index (χ1n) is 6.11. The zero-order valence-electron chi connectivity index (χ0n) is 10.5. The number of benzene rings is 1. The Hall–Kier alpha value is -1.03. The first-order valence-corrected chi connectivity index (χ1v) is 7.10. The number of unbranched alkanes of at least 4 members (excludes halogenated alkanes) is 1. The standard InChI is InChI=1S/C13H20N2OS/c1-3-4-5-9-7-17-13-10(14)6-8(2)11(15)12(13)16-9/h6,9H,3-5,7,14-15H2,1-2H3. The third kappa shape index (κ3) is 2.46. The molecule has 4 N–H and O–H groups in total. The molecule has 1 aromatic rings. The lowest BCUT2D eigenvalue weighted by Gasteiger charge is -2.28. The lowest BCUT2D eigenvalue weighted by Crippen LogP contribution is -2.24. The van der Waals surface area contributed by atoms with Crippen molar-refractivity contribution in [2.45, 2.75) is 44.1 Å². The van der Waals surface area contributed by atoms with Crippen LogP contribution in [-0.2, 0) is 0 Å². The van der Waals surface area contributed by atoms with Gasteiger partial charge in [0.05, 0.1) is 10.6 Å². The van der Waals surface area contributed by atoms with Crippen molar-refractivity contribution in [2.24, 2.45) is 0 Å². The molecular formula is C13H20N2OS. The maximum Gasteiger partial charge on any atom is 0.158 e. The third-order valence-corrected chi connectivity index (χ3v) is 4.34. The monoisotopic (exact) mass is 252 g/mol. The lowest BCUT2D eigenvalue weighted by atomic mass is 10.1. The van der Waals surface area contributed by atoms with Crippen LogP contribution in [0.4, 0.5) is 11.4 Å². The van der Waals surface area contributed by atoms with Gasteiger partial charge in [-0.25, -0.2) is 0 Å². The highest BCUT2D eigenvalue weighted by molar-refractivity contribution is 7.99. The molecule has 17 heavy (non-hydrogen) atoms. The second kappa shape index (κ2) is 5.08. The van der Waals surface area contributed by atoms with Crippen LogP contribution in [0, 0.1) is 6.92 Å². The van der Waals surface area contributed by atoms with Gasteiger partial charge in [-0.2, -0.15) is 0 Å². The summed E-state index contributed by atoms with van der Waals surface area (Å²) in [5.41, 5.74) is 14.6. The van der Waals surface area contributed by atoms with E-state index in [1.54, 1.807) is 11.8 Å². The molecule has 0 aliphatic carbocycles. The number of rotatable bonds is 3. The van der Waals surface area contributed by atoms with E-state index in [0.717, 1.165) is 39.8 Å². The second-order valence-corrected chi connectivity index (χ2v) is 5.58. The van der Waals surface area contributed by atoms with Crippen molar-refractivity contribution >= 4 is 23.1 Å². The first-order chi connectivity index (χ1) is 8.13. The van der Waals surface area contributed by atoms with E-state index in [4.69, 9.17) is 16.2 Å². The Kier molecular flexibility index (Phi) is 3.72. The molecule has 1 aliphatic heterocycles. The van der Waals surface area contributed by atoms with E-state index < -0.39 is 0 Å². The fourth-order valence-corrected chi connectivity index (χ4v) is 3.13. The molecule has 3 nitrogen and oxygen atoms in total. The summed E-state index contributed by atoms with van der Waals surface area (Å²) < 4.78 is 6.00. The molecule has 1 atom stereocenters. The van der Waals surface area contributed by atoms with Crippen LogP contribution in [0.25, 0.3) is 0 Å². The predicted octanol–water partition coefficient (Wildman–Crippen LogP) is 3.20. The maximum atomic E-state index is 6.07. The van der Waals surface area contributed by atoms with Gasteiger partial charge in [0, 0.05) is 11.4 Å². The van der Waals surface area contributed by atoms with Gasteiger partial charge >= 0.3 is 0 Å². The van der Waals surface area contributed by atoms with Crippen molar-refractivity contribution in [3.8, 4) is 5.75 Å². The fraction of sp³-hybridized carbons (Fsp3) is 0.538. The summed E-state index contributed by atoms with van der Waals surface area (Å²) in [6.45, 7) is 4.16. The average molecular weight is 252 g/mol. The van der Waals surface area contributed by atoms with Crippen LogP contribution < -0.4 is 16.2 Å². The highest BCUT2D eigenvalue weighted by atomic mass is 32.2. The molecule has 0 spiro atoms. The van der Waals surface area contributed by atoms with Crippen molar-refractivity contribution in [3.05, 3.63) is 11.6 Å². The molecule has 0 saturated heterocycles. The largest absolute Gasteiger partial charge is 0.486 e. The number of ether oxygens (including phenoxy) is 1. The number of hydrogen-bond donors (Lipinski definition) is 2. The van der Waals surface area contributed by atoms with Gasteiger partial charge in [0.2, 0.25) is 0 Å². The Bertz CT molecular complexity index is 420. The molecule has 94 valence electrons. The number of nitrogens with two attached hydrogens (primary N) is 2. The number of aryl methyl sites for hydroxylation is 1. The molecule has 1 heterocycles. The minimum Gasteiger partial charge on any atom is -0.486 e. The number of fused-ring (bicyclic) bond motifs is 1. The molecule has 1 unspecified atom stereocenters. The highest BCUT2D eigenvalue weighted by Crippen LogP contribution is 2.45. The quantitative estimate of drug-likeness (QED) is 0.811. The van der Waals surface area contributed by atoms with Crippen molar-refractivity contribution in [1.29, 1.82) is 0 Å². The Morgan fingerprint density at radius 3 is 2.94 bits per heavy atom. The molecule has 2 rings (SSSR count). The van der Waals surface area contributed by atoms with Crippen LogP contribution in [0.3, 0.4) is 0 Å². The van der Waals surface area contributed by atoms with Crippen LogP contribution in [0.1, 0.15) is 31.7 Å². The van der Waals surface area contributed by atoms with E-state index in [1.807, 2.05) is 13.0 Å². The molecule has 4 heteroatoms. The number of anilines is 2. The number of hydrogen-bond acceptors (Lipinski definition) is 4. The molecule has 0 saturated carbocycles. The number of thioether (sulfide) groups is 1. The topological polar surface area (TPSA) is 61.3 Å². The smallest absolute Gasteiger partial charge is 0.158 e. The van der Waals surface area contributed by atoms with Gasteiger partial charge in [-0.1, -0.05) is 19.8 Å². The lowest BCUT2D eigenvalue weighted by molar-refractivity contribution is 0.203. The van der Waals surface area contributed by atoms with E-state index in [2.05, 4.69) is 6.92 Å². The molecule has 0 radical (unpaired) electrons. The van der Waals surface area contributed by atoms with Crippen molar-refractivity contribution < 1.29 is 4.74 Å². The van der Waals surface area contributed by atoms with E-state index in [9.17, 15) is 0 Å². The Balaban J connectivity index is 2.24. The second-order valence-electron chi connectivity index (χ2n) is 4.55. The maximum absolute atomic E-state index is 6.07. The third-order valence-electron chi connectivity index (χ3n) is 3.09. The Morgan fingerprint density at radius 2 is 2.24 bits per heavy atom. The SMILES string of the molecule is CCCCC1CSc2c(N)cc(C)c(N)c2O1. The van der Waals surface area contributed by atoms with Crippen LogP contribution in [-0.4, -0.2) is 11.9 Å². The average Bonchev–Trinajstić information content (AvgIpc) is 2.33. The van der Waals surface area contributed by atoms with Crippen LogP contribution in [0.2, 0.25) is 0 Å². The molecular weight excluding hydrogens is 232 g/mol. The molecule has 0 aromatic heterocycles. The van der Waals surface area contributed by atoms with Gasteiger partial charge in [-0.15, -0.1) is 11.8 Å². The fourth-order valence-electron chi connectivity index (χ4n) is 2.03. The number of nitrogen functional groups attached to an aromatic ring is 2. The first kappa shape index (κ1) is 12.4. The summed E-state index contributed by atoms with van der Waals surface area (Å²) in [6, 6.07) is 1.93. The molecule has 0 bridgehead atoms. The molecule has 0 amide bonds. The zero-order valence-corrected chi connectivity index (χ0v) is 11.3. The van der Waals surface area contributed by atoms with E-state index >= 15 is 0 Å². The molecule has 1 aromatic carbocycles. The summed E-state index contributed by atoms with van der Waals surface area (Å²) >= 11 is 1.77. The minimum absolute atomic E-state index is 0.274. The van der Waals surface area contributed by atoms with Gasteiger partial charge in [0.15, 0.2) is 5.75 Å². The predicted molar refractivity (Wildman–Crippen MR) is 74.7 cm³/mol. The molecule has 0 fully saturated rings. The van der Waals surface area contributed by atoms with E-state index in [-0.39, 0.29) is 6.10 Å². The van der Waals surface area contributed by atoms with Crippen LogP contribution in [0.5, 0.6) is 5.75 Å². The van der Waals surface area contributed by atoms with Crippen LogP contribution in [0.15, 0.2) is 11.0 Å². The van der Waals surface area contributed by atoms with Gasteiger partial charge in [0.25, 0.3) is 0 Å². The highest BCUT2D eigenvalue weighted by Gasteiger charge is 2.24. The van der Waals surface area contributed by atoms with E-state index in [0.29, 0.717) is 0 Å². The Morgan fingerprint density at radius 1 is 1.47 bits per heavy atom. The summed E-state index contributed by atoms with van der Waals surface area (Å²) in [6.07, 6.45) is 3.76. The zero-order chi connectivity index (χ0) is 12.4. The summed E-state index contributed by atoms with van der Waals surface area (Å²) in [5.74, 6) is 1.78. The van der Waals surface area contributed by atoms with Gasteiger partial charge < -0.3 is 16.2 Å². The van der Waals surface area contributed by atoms with Crippen molar-refractivity contribution in [3.63, 3.8) is 0 Å². The van der Waals surface area contributed by atoms with Gasteiger partial charge in [-0.05, 0) is 25.0 Å². The van der Waals surface area contributed by atoms with Crippen molar-refractivity contribution in [1.82, 2.24) is 0 Å².